The summed E-state index contributed by atoms with van der Waals surface area (Å²) in [6.45, 7) is 1.74. The Labute approximate surface area is 180 Å². The monoisotopic (exact) mass is 452 g/mol. The molecule has 0 unspecified atom stereocenters. The Morgan fingerprint density at radius 2 is 2.19 bits per heavy atom. The summed E-state index contributed by atoms with van der Waals surface area (Å²) in [7, 11) is 1.24. The van der Waals surface area contributed by atoms with Crippen molar-refractivity contribution in [3.63, 3.8) is 0 Å². The van der Waals surface area contributed by atoms with Gasteiger partial charge in [0.2, 0.25) is 0 Å². The molecule has 2 aliphatic heterocycles. The average molecular weight is 452 g/mol. The highest BCUT2D eigenvalue weighted by Gasteiger charge is 2.50. The topological polar surface area (TPSA) is 177 Å². The van der Waals surface area contributed by atoms with E-state index in [0.29, 0.717) is 6.42 Å². The Morgan fingerprint density at radius 3 is 2.77 bits per heavy atom. The van der Waals surface area contributed by atoms with Gasteiger partial charge in [0, 0.05) is 11.9 Å². The molecule has 1 atom stereocenters. The molecule has 1 aromatic heterocycles. The van der Waals surface area contributed by atoms with E-state index in [1.54, 1.807) is 6.92 Å². The molecule has 0 aromatic carbocycles. The van der Waals surface area contributed by atoms with Crippen LogP contribution in [0, 0.1) is 0 Å². The number of anilines is 1. The summed E-state index contributed by atoms with van der Waals surface area (Å²) in [6.07, 6.45) is 0.567. The minimum atomic E-state index is -1.45. The van der Waals surface area contributed by atoms with Crippen molar-refractivity contribution in [3.05, 3.63) is 22.3 Å². The van der Waals surface area contributed by atoms with Crippen LogP contribution in [0.15, 0.2) is 21.8 Å². The van der Waals surface area contributed by atoms with Crippen molar-refractivity contribution in [1.29, 1.82) is 0 Å². The van der Waals surface area contributed by atoms with E-state index in [1.807, 2.05) is 0 Å². The molecule has 4 N–H and O–H groups in total. The van der Waals surface area contributed by atoms with Gasteiger partial charge in [-0.2, -0.15) is 0 Å². The first-order valence-corrected chi connectivity index (χ1v) is 10.0. The van der Waals surface area contributed by atoms with Gasteiger partial charge in [0.25, 0.3) is 11.8 Å². The molecule has 2 amide bonds. The summed E-state index contributed by atoms with van der Waals surface area (Å²) >= 11 is 1.10. The summed E-state index contributed by atoms with van der Waals surface area (Å²) in [4.78, 5) is 58.2. The molecule has 0 aliphatic carbocycles. The van der Waals surface area contributed by atoms with Crippen LogP contribution in [0.1, 0.15) is 19.0 Å². The number of rotatable bonds is 8. The van der Waals surface area contributed by atoms with Crippen LogP contribution < -0.4 is 11.1 Å². The number of nitrogens with zero attached hydrogens (tertiary/aromatic N) is 4. The summed E-state index contributed by atoms with van der Waals surface area (Å²) in [5.41, 5.74) is 4.95. The first-order valence-electron chi connectivity index (χ1n) is 9.14. The lowest BCUT2D eigenvalue weighted by molar-refractivity contribution is -0.143. The number of hydrazine groups is 1. The molecule has 166 valence electrons. The lowest BCUT2D eigenvalue weighted by atomic mass is 10.1. The number of carboxylic acids is 1. The third-order valence-corrected chi connectivity index (χ3v) is 5.05. The minimum absolute atomic E-state index is 0.0502. The highest BCUT2D eigenvalue weighted by atomic mass is 32.1. The van der Waals surface area contributed by atoms with E-state index in [4.69, 9.17) is 10.5 Å². The first kappa shape index (κ1) is 22.2. The van der Waals surface area contributed by atoms with Gasteiger partial charge in [-0.05, 0) is 6.42 Å². The van der Waals surface area contributed by atoms with Gasteiger partial charge in [-0.1, -0.05) is 12.1 Å². The Hall–Kier alpha value is -3.52. The van der Waals surface area contributed by atoms with E-state index in [-0.39, 0.29) is 41.8 Å². The van der Waals surface area contributed by atoms with Crippen LogP contribution in [-0.4, -0.2) is 82.4 Å². The summed E-state index contributed by atoms with van der Waals surface area (Å²) in [5.74, 6) is -3.71. The van der Waals surface area contributed by atoms with Gasteiger partial charge in [-0.15, -0.1) is 11.3 Å². The number of thiazole rings is 1. The maximum Gasteiger partial charge on any atom is 0.354 e. The molecule has 3 heterocycles. The Kier molecular flexibility index (Phi) is 6.50. The number of carbonyl (C=O) groups is 4. The number of esters is 1. The fourth-order valence-corrected chi connectivity index (χ4v) is 3.67. The number of amides is 2. The molecule has 1 fully saturated rings. The Morgan fingerprint density at radius 1 is 1.45 bits per heavy atom. The molecular formula is C17H20N6O7S. The number of nitrogens with one attached hydrogen (secondary N) is 1. The zero-order valence-corrected chi connectivity index (χ0v) is 17.5. The van der Waals surface area contributed by atoms with Crippen LogP contribution >= 0.6 is 11.3 Å². The predicted octanol–water partition coefficient (Wildman–Crippen LogP) is -1.07. The number of oxime groups is 1. The van der Waals surface area contributed by atoms with Crippen molar-refractivity contribution < 1.29 is 33.9 Å². The molecule has 31 heavy (non-hydrogen) atoms. The van der Waals surface area contributed by atoms with Gasteiger partial charge < -0.3 is 25.7 Å². The number of hydrogen-bond acceptors (Lipinski definition) is 11. The highest BCUT2D eigenvalue weighted by molar-refractivity contribution is 7.13. The number of hydrogen-bond donors (Lipinski definition) is 3. The van der Waals surface area contributed by atoms with Crippen LogP contribution in [0.4, 0.5) is 5.13 Å². The summed E-state index contributed by atoms with van der Waals surface area (Å²) < 4.78 is 5.02. The minimum Gasteiger partial charge on any atom is -0.477 e. The molecule has 0 radical (unpaired) electrons. The largest absolute Gasteiger partial charge is 0.477 e. The lowest BCUT2D eigenvalue weighted by Crippen LogP contribution is -2.46. The normalized spacial score (nSPS) is 18.9. The molecule has 3 rings (SSSR count). The van der Waals surface area contributed by atoms with Crippen LogP contribution in [0.5, 0.6) is 0 Å². The molecule has 14 heteroatoms. The van der Waals surface area contributed by atoms with Gasteiger partial charge in [-0.3, -0.25) is 9.59 Å². The van der Waals surface area contributed by atoms with Crippen molar-refractivity contribution in [1.82, 2.24) is 20.3 Å². The Balaban J connectivity index is 1.79. The molecule has 0 saturated carbocycles. The van der Waals surface area contributed by atoms with Gasteiger partial charge >= 0.3 is 11.9 Å². The van der Waals surface area contributed by atoms with Crippen LogP contribution in [0.3, 0.4) is 0 Å². The number of nitrogens with two attached hydrogens (primary N) is 1. The van der Waals surface area contributed by atoms with E-state index in [1.165, 1.54) is 17.5 Å². The van der Waals surface area contributed by atoms with Crippen LogP contribution in [-0.2, 0) is 28.8 Å². The smallest absolute Gasteiger partial charge is 0.354 e. The second-order valence-electron chi connectivity index (χ2n) is 6.48. The summed E-state index contributed by atoms with van der Waals surface area (Å²) in [6, 6.07) is -1.08. The Bertz CT molecular complexity index is 987. The highest BCUT2D eigenvalue weighted by Crippen LogP contribution is 2.30. The van der Waals surface area contributed by atoms with Crippen molar-refractivity contribution in [3.8, 4) is 0 Å². The fraction of sp³-hybridized carbons (Fsp3) is 0.412. The number of ether oxygens (including phenoxy) is 1. The molecule has 1 aromatic rings. The molecular weight excluding hydrogens is 432 g/mol. The van der Waals surface area contributed by atoms with Crippen LogP contribution in [0.2, 0.25) is 0 Å². The van der Waals surface area contributed by atoms with E-state index in [2.05, 4.69) is 20.3 Å². The van der Waals surface area contributed by atoms with Crippen LogP contribution in [0.25, 0.3) is 0 Å². The number of aliphatic carboxylic acids is 1. The van der Waals surface area contributed by atoms with Crippen molar-refractivity contribution >= 4 is 45.9 Å². The maximum atomic E-state index is 12.9. The van der Waals surface area contributed by atoms with Crippen molar-refractivity contribution in [2.75, 3.05) is 32.5 Å². The second-order valence-corrected chi connectivity index (χ2v) is 7.37. The van der Waals surface area contributed by atoms with E-state index < -0.39 is 35.5 Å². The van der Waals surface area contributed by atoms with Gasteiger partial charge in [0.15, 0.2) is 16.5 Å². The second kappa shape index (κ2) is 9.09. The molecule has 0 spiro atoms. The van der Waals surface area contributed by atoms with Crippen molar-refractivity contribution in [2.24, 2.45) is 5.16 Å². The van der Waals surface area contributed by atoms with E-state index in [9.17, 15) is 24.3 Å². The quantitative estimate of drug-likeness (QED) is 0.250. The number of carbonyl (C=O) groups excluding carboxylic acids is 3. The van der Waals surface area contributed by atoms with E-state index in [0.717, 1.165) is 16.3 Å². The number of carboxylic acid groups (broad SMARTS) is 1. The number of nitrogen functional groups attached to an aromatic ring is 1. The van der Waals surface area contributed by atoms with Gasteiger partial charge in [-0.25, -0.2) is 24.6 Å². The molecule has 0 bridgehead atoms. The maximum absolute atomic E-state index is 12.9. The SMILES string of the molecule is CCCOC(=O)C1=C(C(=O)O)N2C(=O)[C@H](NC(=O)/C(=N\OC)c3csc(N)n3)CN2C1. The number of aromatic nitrogens is 1. The predicted molar refractivity (Wildman–Crippen MR) is 106 cm³/mol. The molecule has 1 saturated heterocycles. The van der Waals surface area contributed by atoms with Gasteiger partial charge in [0.05, 0.1) is 18.7 Å². The van der Waals surface area contributed by atoms with E-state index >= 15 is 0 Å². The van der Waals surface area contributed by atoms with Crippen molar-refractivity contribution in [2.45, 2.75) is 19.4 Å². The lowest BCUT2D eigenvalue weighted by Gasteiger charge is -2.18. The first-order chi connectivity index (χ1) is 14.8. The fourth-order valence-electron chi connectivity index (χ4n) is 3.12. The third-order valence-electron chi connectivity index (χ3n) is 4.38. The molecule has 13 nitrogen and oxygen atoms in total. The molecule has 2 aliphatic rings. The third kappa shape index (κ3) is 4.34. The average Bonchev–Trinajstić information content (AvgIpc) is 3.39. The number of fused-ring (bicyclic) bond motifs is 1. The summed E-state index contributed by atoms with van der Waals surface area (Å²) in [5, 5.41) is 19.7. The standard InChI is InChI=1S/C17H20N6O7S/c1-3-4-30-16(28)8-5-22-6-9(14(25)23(22)12(8)15(26)27)19-13(24)11(21-29-2)10-7-31-17(18)20-10/h7,9H,3-6H2,1-2H3,(H2,18,20)(H,19,24)(H,26,27)/b21-11-/t9-/m1/s1. The van der Waals surface area contributed by atoms with Gasteiger partial charge in [0.1, 0.15) is 18.8 Å². The zero-order valence-electron chi connectivity index (χ0n) is 16.7. The zero-order chi connectivity index (χ0) is 22.7.